The summed E-state index contributed by atoms with van der Waals surface area (Å²) >= 11 is 0. The minimum absolute atomic E-state index is 0.370. The van der Waals surface area contributed by atoms with Gasteiger partial charge in [0.1, 0.15) is 0 Å². The van der Waals surface area contributed by atoms with Crippen LogP contribution in [0.15, 0.2) is 170 Å². The molecule has 0 amide bonds. The summed E-state index contributed by atoms with van der Waals surface area (Å²) in [5.74, 6) is 0.741. The fourth-order valence-corrected chi connectivity index (χ4v) is 9.36. The standard InChI is InChI=1S/C60H54N2/c1-37(2)43-19-27-53-55-36-60(62(50-23-13-40(6)14-24-50)52-26-18-46-30-42(8)10-16-48(46)32-52)58-34-44(38(3)4)20-28-54(58)56(55)35-59(57(53)33-43)61(49-21-11-39(5)12-22-49)51-25-17-45-29-41(7)9-15-47(45)31-51/h9-38H,1-8H3. The highest BCUT2D eigenvalue weighted by Gasteiger charge is 2.24. The number of rotatable bonds is 8. The summed E-state index contributed by atoms with van der Waals surface area (Å²) in [7, 11) is 0. The molecule has 0 aliphatic heterocycles. The van der Waals surface area contributed by atoms with Crippen LogP contribution in [0.1, 0.15) is 72.9 Å². The molecule has 0 aromatic heterocycles. The number of nitrogens with zero attached hydrogens (tertiary/aromatic N) is 2. The number of fused-ring (bicyclic) bond motifs is 7. The third kappa shape index (κ3) is 7.04. The van der Waals surface area contributed by atoms with Crippen LogP contribution in [-0.2, 0) is 0 Å². The van der Waals surface area contributed by atoms with Crippen molar-refractivity contribution in [2.24, 2.45) is 0 Å². The van der Waals surface area contributed by atoms with Crippen molar-refractivity contribution in [1.82, 2.24) is 0 Å². The second kappa shape index (κ2) is 15.5. The maximum absolute atomic E-state index is 2.49. The molecule has 10 aromatic carbocycles. The van der Waals surface area contributed by atoms with Gasteiger partial charge in [0, 0.05) is 33.5 Å². The average molecular weight is 803 g/mol. The van der Waals surface area contributed by atoms with Crippen LogP contribution in [-0.4, -0.2) is 0 Å². The van der Waals surface area contributed by atoms with Crippen LogP contribution < -0.4 is 9.80 Å². The summed E-state index contributed by atoms with van der Waals surface area (Å²) in [6.45, 7) is 17.9. The van der Waals surface area contributed by atoms with Crippen LogP contribution in [0.3, 0.4) is 0 Å². The number of hydrogen-bond acceptors (Lipinski definition) is 2. The summed E-state index contributed by atoms with van der Waals surface area (Å²) in [6, 6.07) is 64.8. The van der Waals surface area contributed by atoms with Crippen LogP contribution in [0.25, 0.3) is 53.9 Å². The summed E-state index contributed by atoms with van der Waals surface area (Å²) in [5, 5.41) is 12.4. The molecule has 0 saturated carbocycles. The molecule has 0 N–H and O–H groups in total. The normalized spacial score (nSPS) is 11.8. The Morgan fingerprint density at radius 2 is 0.613 bits per heavy atom. The lowest BCUT2D eigenvalue weighted by atomic mass is 9.89. The van der Waals surface area contributed by atoms with Crippen LogP contribution in [0, 0.1) is 27.7 Å². The van der Waals surface area contributed by atoms with E-state index in [0.29, 0.717) is 11.8 Å². The predicted octanol–water partition coefficient (Wildman–Crippen LogP) is 17.9. The van der Waals surface area contributed by atoms with Crippen molar-refractivity contribution < 1.29 is 0 Å². The molecule has 304 valence electrons. The molecular weight excluding hydrogens is 749 g/mol. The molecule has 0 unspecified atom stereocenters. The molecule has 0 spiro atoms. The first kappa shape index (κ1) is 39.2. The zero-order valence-corrected chi connectivity index (χ0v) is 37.2. The SMILES string of the molecule is Cc1ccc(N(c2ccc3cc(C)ccc3c2)c2cc3c4ccc(C(C)C)cc4c(N(c4ccc(C)cc4)c4ccc5cc(C)ccc5c4)cc3c3ccc(C(C)C)cc23)cc1. The molecule has 2 heteroatoms. The van der Waals surface area contributed by atoms with Crippen LogP contribution in [0.5, 0.6) is 0 Å². The summed E-state index contributed by atoms with van der Waals surface area (Å²) < 4.78 is 0. The third-order valence-electron chi connectivity index (χ3n) is 12.9. The molecule has 0 radical (unpaired) electrons. The van der Waals surface area contributed by atoms with E-state index < -0.39 is 0 Å². The molecule has 0 bridgehead atoms. The minimum atomic E-state index is 0.370. The lowest BCUT2D eigenvalue weighted by Gasteiger charge is -2.30. The van der Waals surface area contributed by atoms with Crippen LogP contribution >= 0.6 is 0 Å². The summed E-state index contributed by atoms with van der Waals surface area (Å²) in [6.07, 6.45) is 0. The number of aryl methyl sites for hydroxylation is 4. The Hall–Kier alpha value is -6.90. The Bertz CT molecular complexity index is 3110. The Morgan fingerprint density at radius 1 is 0.274 bits per heavy atom. The van der Waals surface area contributed by atoms with Crippen LogP contribution in [0.4, 0.5) is 34.1 Å². The van der Waals surface area contributed by atoms with Gasteiger partial charge in [-0.1, -0.05) is 147 Å². The van der Waals surface area contributed by atoms with Gasteiger partial charge in [0.25, 0.3) is 0 Å². The summed E-state index contributed by atoms with van der Waals surface area (Å²) in [4.78, 5) is 4.98. The van der Waals surface area contributed by atoms with Gasteiger partial charge in [-0.25, -0.2) is 0 Å². The maximum Gasteiger partial charge on any atom is 0.0546 e. The molecule has 0 aliphatic carbocycles. The van der Waals surface area contributed by atoms with Crippen molar-refractivity contribution in [3.05, 3.63) is 203 Å². The number of benzene rings is 10. The Kier molecular flexibility index (Phi) is 9.83. The van der Waals surface area contributed by atoms with Gasteiger partial charge in [0.15, 0.2) is 0 Å². The van der Waals surface area contributed by atoms with E-state index in [2.05, 4.69) is 235 Å². The predicted molar refractivity (Wildman–Crippen MR) is 270 cm³/mol. The number of hydrogen-bond donors (Lipinski definition) is 0. The van der Waals surface area contributed by atoms with Crippen molar-refractivity contribution in [3.8, 4) is 0 Å². The minimum Gasteiger partial charge on any atom is -0.310 e. The smallest absolute Gasteiger partial charge is 0.0546 e. The Balaban J connectivity index is 1.32. The highest BCUT2D eigenvalue weighted by molar-refractivity contribution is 6.25. The molecular formula is C60H54N2. The van der Waals surface area contributed by atoms with E-state index >= 15 is 0 Å². The van der Waals surface area contributed by atoms with Crippen molar-refractivity contribution in [3.63, 3.8) is 0 Å². The van der Waals surface area contributed by atoms with Crippen molar-refractivity contribution >= 4 is 88.0 Å². The van der Waals surface area contributed by atoms with Gasteiger partial charge in [-0.15, -0.1) is 0 Å². The average Bonchev–Trinajstić information content (AvgIpc) is 3.27. The molecule has 0 atom stereocenters. The molecule has 0 saturated heterocycles. The first-order valence-electron chi connectivity index (χ1n) is 22.2. The highest BCUT2D eigenvalue weighted by Crippen LogP contribution is 2.49. The van der Waals surface area contributed by atoms with E-state index in [0.717, 1.165) is 22.7 Å². The van der Waals surface area contributed by atoms with Crippen molar-refractivity contribution in [1.29, 1.82) is 0 Å². The van der Waals surface area contributed by atoms with E-state index in [1.807, 2.05) is 0 Å². The van der Waals surface area contributed by atoms with Gasteiger partial charge in [-0.05, 0) is 167 Å². The molecule has 0 heterocycles. The van der Waals surface area contributed by atoms with Gasteiger partial charge in [-0.3, -0.25) is 0 Å². The fourth-order valence-electron chi connectivity index (χ4n) is 9.36. The summed E-state index contributed by atoms with van der Waals surface area (Å²) in [5.41, 5.74) is 14.6. The van der Waals surface area contributed by atoms with Crippen LogP contribution in [0.2, 0.25) is 0 Å². The highest BCUT2D eigenvalue weighted by atomic mass is 15.2. The zero-order chi connectivity index (χ0) is 42.8. The lowest BCUT2D eigenvalue weighted by molar-refractivity contribution is 0.868. The van der Waals surface area contributed by atoms with E-state index in [1.54, 1.807) is 0 Å². The molecule has 62 heavy (non-hydrogen) atoms. The topological polar surface area (TPSA) is 6.48 Å². The van der Waals surface area contributed by atoms with Gasteiger partial charge >= 0.3 is 0 Å². The zero-order valence-electron chi connectivity index (χ0n) is 37.2. The molecule has 0 aliphatic rings. The first-order chi connectivity index (χ1) is 30.0. The van der Waals surface area contributed by atoms with Gasteiger partial charge in [0.05, 0.1) is 11.4 Å². The molecule has 0 fully saturated rings. The van der Waals surface area contributed by atoms with E-state index in [4.69, 9.17) is 0 Å². The Labute approximate surface area is 366 Å². The van der Waals surface area contributed by atoms with Gasteiger partial charge in [-0.2, -0.15) is 0 Å². The second-order valence-electron chi connectivity index (χ2n) is 18.2. The molecule has 10 rings (SSSR count). The number of anilines is 6. The molecule has 10 aromatic rings. The second-order valence-corrected chi connectivity index (χ2v) is 18.2. The van der Waals surface area contributed by atoms with Gasteiger partial charge in [0.2, 0.25) is 0 Å². The Morgan fingerprint density at radius 3 is 1.00 bits per heavy atom. The first-order valence-corrected chi connectivity index (χ1v) is 22.2. The quantitative estimate of drug-likeness (QED) is 0.141. The maximum atomic E-state index is 2.49. The monoisotopic (exact) mass is 802 g/mol. The third-order valence-corrected chi connectivity index (χ3v) is 12.9. The van der Waals surface area contributed by atoms with E-state index in [1.165, 1.54) is 98.6 Å². The molecule has 2 nitrogen and oxygen atoms in total. The van der Waals surface area contributed by atoms with Crippen molar-refractivity contribution in [2.75, 3.05) is 9.80 Å². The fraction of sp³-hybridized carbons (Fsp3) is 0.167. The van der Waals surface area contributed by atoms with E-state index in [9.17, 15) is 0 Å². The van der Waals surface area contributed by atoms with Gasteiger partial charge < -0.3 is 9.80 Å². The van der Waals surface area contributed by atoms with Crippen molar-refractivity contribution in [2.45, 2.75) is 67.2 Å². The van der Waals surface area contributed by atoms with E-state index in [-0.39, 0.29) is 0 Å². The lowest BCUT2D eigenvalue weighted by Crippen LogP contribution is -2.12. The largest absolute Gasteiger partial charge is 0.310 e.